The van der Waals surface area contributed by atoms with Crippen molar-refractivity contribution in [2.75, 3.05) is 40.4 Å². The van der Waals surface area contributed by atoms with E-state index in [1.54, 1.807) is 37.7 Å². The van der Waals surface area contributed by atoms with Gasteiger partial charge in [0.2, 0.25) is 0 Å². The van der Waals surface area contributed by atoms with Crippen molar-refractivity contribution >= 4 is 11.3 Å². The highest BCUT2D eigenvalue weighted by Gasteiger charge is 2.19. The van der Waals surface area contributed by atoms with Gasteiger partial charge in [-0.1, -0.05) is 0 Å². The minimum atomic E-state index is -0.222. The number of hydrogen-bond acceptors (Lipinski definition) is 6. The van der Waals surface area contributed by atoms with Crippen LogP contribution in [-0.2, 0) is 13.1 Å². The third-order valence-electron chi connectivity index (χ3n) is 5.37. The number of ether oxygens (including phenoxy) is 2. The fourth-order valence-corrected chi connectivity index (χ4v) is 4.50. The molecule has 0 spiro atoms. The third-order valence-corrected chi connectivity index (χ3v) is 6.32. The van der Waals surface area contributed by atoms with Crippen LogP contribution in [0.15, 0.2) is 47.8 Å². The predicted molar refractivity (Wildman–Crippen MR) is 118 cm³/mol. The largest absolute Gasteiger partial charge is 0.497 e. The quantitative estimate of drug-likeness (QED) is 0.563. The monoisotopic (exact) mass is 427 g/mol. The van der Waals surface area contributed by atoms with Gasteiger partial charge in [0.15, 0.2) is 0 Å². The Morgan fingerprint density at radius 1 is 0.933 bits per heavy atom. The SMILES string of the molecule is COc1ccc(OC)c(CN2CCN(Cc3csc(-c4ccc(F)cc4)n3)CC2)c1. The zero-order valence-corrected chi connectivity index (χ0v) is 18.1. The lowest BCUT2D eigenvalue weighted by molar-refractivity contribution is 0.120. The number of piperazine rings is 1. The number of nitrogens with zero attached hydrogens (tertiary/aromatic N) is 3. The van der Waals surface area contributed by atoms with Crippen LogP contribution >= 0.6 is 11.3 Å². The fraction of sp³-hybridized carbons (Fsp3) is 0.348. The van der Waals surface area contributed by atoms with Crippen LogP contribution < -0.4 is 9.47 Å². The molecule has 1 saturated heterocycles. The van der Waals surface area contributed by atoms with Crippen molar-refractivity contribution in [3.8, 4) is 22.1 Å². The number of hydrogen-bond donors (Lipinski definition) is 0. The predicted octanol–water partition coefficient (Wildman–Crippen LogP) is 4.28. The number of thiazole rings is 1. The second kappa shape index (κ2) is 9.55. The van der Waals surface area contributed by atoms with Crippen molar-refractivity contribution in [3.05, 3.63) is 64.9 Å². The fourth-order valence-electron chi connectivity index (χ4n) is 3.69. The van der Waals surface area contributed by atoms with E-state index in [-0.39, 0.29) is 5.82 Å². The van der Waals surface area contributed by atoms with Gasteiger partial charge in [0.25, 0.3) is 0 Å². The van der Waals surface area contributed by atoms with Gasteiger partial charge in [-0.15, -0.1) is 11.3 Å². The lowest BCUT2D eigenvalue weighted by Gasteiger charge is -2.34. The minimum Gasteiger partial charge on any atom is -0.497 e. The Bertz CT molecular complexity index is 969. The second-order valence-corrected chi connectivity index (χ2v) is 8.24. The Balaban J connectivity index is 1.32. The first-order valence-electron chi connectivity index (χ1n) is 10.0. The molecule has 2 heterocycles. The standard InChI is InChI=1S/C23H26FN3O2S/c1-28-21-7-8-22(29-2)18(13-21)14-26-9-11-27(12-10-26)15-20-16-30-23(25-20)17-3-5-19(24)6-4-17/h3-8,13,16H,9-12,14-15H2,1-2H3. The summed E-state index contributed by atoms with van der Waals surface area (Å²) in [7, 11) is 3.39. The molecule has 0 saturated carbocycles. The van der Waals surface area contributed by atoms with Gasteiger partial charge < -0.3 is 9.47 Å². The van der Waals surface area contributed by atoms with Gasteiger partial charge in [-0.05, 0) is 42.5 Å². The number of benzene rings is 2. The molecule has 0 amide bonds. The molecule has 1 aliphatic heterocycles. The molecular weight excluding hydrogens is 401 g/mol. The number of halogens is 1. The highest BCUT2D eigenvalue weighted by molar-refractivity contribution is 7.13. The van der Waals surface area contributed by atoms with Gasteiger partial charge in [-0.2, -0.15) is 0 Å². The van der Waals surface area contributed by atoms with Crippen LogP contribution in [-0.4, -0.2) is 55.2 Å². The van der Waals surface area contributed by atoms with E-state index in [0.717, 1.165) is 72.6 Å². The van der Waals surface area contributed by atoms with E-state index in [9.17, 15) is 4.39 Å². The first-order chi connectivity index (χ1) is 14.6. The smallest absolute Gasteiger partial charge is 0.123 e. The molecule has 0 aliphatic carbocycles. The highest BCUT2D eigenvalue weighted by atomic mass is 32.1. The number of methoxy groups -OCH3 is 2. The van der Waals surface area contributed by atoms with Gasteiger partial charge >= 0.3 is 0 Å². The highest BCUT2D eigenvalue weighted by Crippen LogP contribution is 2.27. The van der Waals surface area contributed by atoms with Crippen LogP contribution in [0.4, 0.5) is 4.39 Å². The summed E-state index contributed by atoms with van der Waals surface area (Å²) < 4.78 is 24.0. The Morgan fingerprint density at radius 2 is 1.63 bits per heavy atom. The molecule has 1 aliphatic rings. The Morgan fingerprint density at radius 3 is 2.30 bits per heavy atom. The van der Waals surface area contributed by atoms with E-state index >= 15 is 0 Å². The Labute approximate surface area is 180 Å². The molecule has 3 aromatic rings. The molecule has 0 N–H and O–H groups in total. The molecule has 5 nitrogen and oxygen atoms in total. The van der Waals surface area contributed by atoms with E-state index < -0.39 is 0 Å². The molecule has 1 aromatic heterocycles. The number of aromatic nitrogens is 1. The molecular formula is C23H26FN3O2S. The zero-order chi connectivity index (χ0) is 20.9. The molecule has 158 valence electrons. The average Bonchev–Trinajstić information content (AvgIpc) is 3.24. The maximum absolute atomic E-state index is 13.1. The zero-order valence-electron chi connectivity index (χ0n) is 17.3. The molecule has 0 bridgehead atoms. The van der Waals surface area contributed by atoms with E-state index in [1.165, 1.54) is 12.1 Å². The van der Waals surface area contributed by atoms with Gasteiger partial charge in [-0.25, -0.2) is 9.37 Å². The van der Waals surface area contributed by atoms with Crippen LogP contribution in [0.2, 0.25) is 0 Å². The van der Waals surface area contributed by atoms with Crippen LogP contribution in [0.5, 0.6) is 11.5 Å². The first kappa shape index (κ1) is 20.8. The third kappa shape index (κ3) is 4.98. The van der Waals surface area contributed by atoms with Crippen molar-refractivity contribution in [1.29, 1.82) is 0 Å². The van der Waals surface area contributed by atoms with E-state index in [4.69, 9.17) is 14.5 Å². The Kier molecular flexibility index (Phi) is 6.62. The van der Waals surface area contributed by atoms with Crippen LogP contribution in [0.3, 0.4) is 0 Å². The van der Waals surface area contributed by atoms with Crippen molar-refractivity contribution < 1.29 is 13.9 Å². The van der Waals surface area contributed by atoms with Gasteiger partial charge in [-0.3, -0.25) is 9.80 Å². The molecule has 0 unspecified atom stereocenters. The van der Waals surface area contributed by atoms with Crippen molar-refractivity contribution in [2.45, 2.75) is 13.1 Å². The van der Waals surface area contributed by atoms with Gasteiger partial charge in [0.1, 0.15) is 22.3 Å². The van der Waals surface area contributed by atoms with E-state index in [2.05, 4.69) is 21.2 Å². The summed E-state index contributed by atoms with van der Waals surface area (Å²) in [6, 6.07) is 12.5. The van der Waals surface area contributed by atoms with Crippen molar-refractivity contribution in [2.24, 2.45) is 0 Å². The minimum absolute atomic E-state index is 0.222. The van der Waals surface area contributed by atoms with Crippen LogP contribution in [0.1, 0.15) is 11.3 Å². The summed E-state index contributed by atoms with van der Waals surface area (Å²) in [6.45, 7) is 5.67. The lowest BCUT2D eigenvalue weighted by Crippen LogP contribution is -2.45. The van der Waals surface area contributed by atoms with Gasteiger partial charge in [0.05, 0.1) is 19.9 Å². The van der Waals surface area contributed by atoms with Crippen molar-refractivity contribution in [3.63, 3.8) is 0 Å². The summed E-state index contributed by atoms with van der Waals surface area (Å²) in [6.07, 6.45) is 0. The lowest BCUT2D eigenvalue weighted by atomic mass is 10.1. The summed E-state index contributed by atoms with van der Waals surface area (Å²) in [5, 5.41) is 3.04. The summed E-state index contributed by atoms with van der Waals surface area (Å²) >= 11 is 1.61. The maximum Gasteiger partial charge on any atom is 0.123 e. The van der Waals surface area contributed by atoms with Crippen molar-refractivity contribution in [1.82, 2.24) is 14.8 Å². The molecule has 0 radical (unpaired) electrons. The van der Waals surface area contributed by atoms with Crippen LogP contribution in [0, 0.1) is 5.82 Å². The summed E-state index contributed by atoms with van der Waals surface area (Å²) in [4.78, 5) is 9.62. The van der Waals surface area contributed by atoms with E-state index in [0.29, 0.717) is 0 Å². The normalized spacial score (nSPS) is 15.3. The van der Waals surface area contributed by atoms with Crippen LogP contribution in [0.25, 0.3) is 10.6 Å². The second-order valence-electron chi connectivity index (χ2n) is 7.38. The maximum atomic E-state index is 13.1. The average molecular weight is 428 g/mol. The summed E-state index contributed by atoms with van der Waals surface area (Å²) in [5.41, 5.74) is 3.18. The van der Waals surface area contributed by atoms with Gasteiger partial charge in [0, 0.05) is 55.8 Å². The molecule has 2 aromatic carbocycles. The molecule has 1 fully saturated rings. The molecule has 0 atom stereocenters. The molecule has 4 rings (SSSR count). The topological polar surface area (TPSA) is 37.8 Å². The molecule has 7 heteroatoms. The Hall–Kier alpha value is -2.48. The summed E-state index contributed by atoms with van der Waals surface area (Å²) in [5.74, 6) is 1.53. The number of rotatable bonds is 7. The molecule has 30 heavy (non-hydrogen) atoms. The van der Waals surface area contributed by atoms with E-state index in [1.807, 2.05) is 12.1 Å². The first-order valence-corrected chi connectivity index (χ1v) is 10.9.